The molecule has 1 aromatic carbocycles. The molecule has 0 saturated carbocycles. The molecule has 138 valence electrons. The van der Waals surface area contributed by atoms with E-state index in [2.05, 4.69) is 17.4 Å². The summed E-state index contributed by atoms with van der Waals surface area (Å²) in [5.74, 6) is -0.240. The molecule has 25 heavy (non-hydrogen) atoms. The Morgan fingerprint density at radius 3 is 2.60 bits per heavy atom. The van der Waals surface area contributed by atoms with Crippen molar-refractivity contribution in [2.24, 2.45) is 0 Å². The van der Waals surface area contributed by atoms with E-state index in [-0.39, 0.29) is 18.9 Å². The van der Waals surface area contributed by atoms with E-state index in [9.17, 15) is 14.7 Å². The third-order valence-corrected chi connectivity index (χ3v) is 3.99. The minimum Gasteiger partial charge on any atom is -0.444 e. The molecule has 2 amide bonds. The maximum absolute atomic E-state index is 12.4. The number of aliphatic hydroxyl groups excluding tert-OH is 1. The van der Waals surface area contributed by atoms with Crippen LogP contribution in [0.2, 0.25) is 0 Å². The number of aliphatic hydroxyl groups is 1. The van der Waals surface area contributed by atoms with Gasteiger partial charge in [0.25, 0.3) is 0 Å². The summed E-state index contributed by atoms with van der Waals surface area (Å²) >= 11 is 0. The molecular formula is C19H28N2O4. The first-order valence-corrected chi connectivity index (χ1v) is 8.75. The number of ether oxygens (including phenoxy) is 1. The highest BCUT2D eigenvalue weighted by Crippen LogP contribution is 2.21. The van der Waals surface area contributed by atoms with Crippen molar-refractivity contribution >= 4 is 12.0 Å². The van der Waals surface area contributed by atoms with Gasteiger partial charge < -0.3 is 15.2 Å². The SMILES string of the molecule is CC(C)(C)OC(=O)N1CC(O)CC1C(=O)NCCCc1ccccc1. The molecule has 1 aliphatic rings. The molecule has 2 N–H and O–H groups in total. The Labute approximate surface area is 149 Å². The van der Waals surface area contributed by atoms with Gasteiger partial charge in [-0.15, -0.1) is 0 Å². The Kier molecular flexibility index (Phi) is 6.42. The molecule has 2 rings (SSSR count). The molecule has 1 saturated heterocycles. The van der Waals surface area contributed by atoms with Gasteiger partial charge in [-0.25, -0.2) is 4.79 Å². The molecule has 1 fully saturated rings. The minimum atomic E-state index is -0.701. The third kappa shape index (κ3) is 6.05. The van der Waals surface area contributed by atoms with Crippen molar-refractivity contribution in [1.29, 1.82) is 0 Å². The van der Waals surface area contributed by atoms with Crippen LogP contribution in [-0.2, 0) is 16.0 Å². The number of carbonyl (C=O) groups excluding carboxylic acids is 2. The molecule has 0 radical (unpaired) electrons. The average molecular weight is 348 g/mol. The summed E-state index contributed by atoms with van der Waals surface area (Å²) in [7, 11) is 0. The van der Waals surface area contributed by atoms with Crippen LogP contribution in [0, 0.1) is 0 Å². The van der Waals surface area contributed by atoms with E-state index in [1.165, 1.54) is 10.5 Å². The molecule has 1 heterocycles. The van der Waals surface area contributed by atoms with Crippen molar-refractivity contribution in [2.75, 3.05) is 13.1 Å². The minimum absolute atomic E-state index is 0.122. The third-order valence-electron chi connectivity index (χ3n) is 3.99. The van der Waals surface area contributed by atoms with Gasteiger partial charge in [-0.3, -0.25) is 9.69 Å². The normalized spacial score (nSPS) is 20.4. The van der Waals surface area contributed by atoms with Crippen LogP contribution in [-0.4, -0.2) is 52.8 Å². The van der Waals surface area contributed by atoms with Gasteiger partial charge in [0.05, 0.1) is 12.6 Å². The van der Waals surface area contributed by atoms with Gasteiger partial charge >= 0.3 is 6.09 Å². The maximum Gasteiger partial charge on any atom is 0.411 e. The van der Waals surface area contributed by atoms with Gasteiger partial charge in [-0.1, -0.05) is 30.3 Å². The van der Waals surface area contributed by atoms with Gasteiger partial charge in [0, 0.05) is 13.0 Å². The molecule has 0 aliphatic carbocycles. The Morgan fingerprint density at radius 1 is 1.28 bits per heavy atom. The number of nitrogens with zero attached hydrogens (tertiary/aromatic N) is 1. The number of aryl methyl sites for hydroxylation is 1. The number of likely N-dealkylation sites (tertiary alicyclic amines) is 1. The Bertz CT molecular complexity index is 583. The van der Waals surface area contributed by atoms with Crippen LogP contribution in [0.4, 0.5) is 4.79 Å². The van der Waals surface area contributed by atoms with Crippen molar-refractivity contribution in [3.05, 3.63) is 35.9 Å². The van der Waals surface area contributed by atoms with Gasteiger partial charge in [0.1, 0.15) is 11.6 Å². The fraction of sp³-hybridized carbons (Fsp3) is 0.579. The lowest BCUT2D eigenvalue weighted by atomic mass is 10.1. The summed E-state index contributed by atoms with van der Waals surface area (Å²) in [5.41, 5.74) is 0.588. The van der Waals surface area contributed by atoms with Crippen LogP contribution >= 0.6 is 0 Å². The zero-order valence-corrected chi connectivity index (χ0v) is 15.2. The predicted molar refractivity (Wildman–Crippen MR) is 95.1 cm³/mol. The second kappa shape index (κ2) is 8.34. The lowest BCUT2D eigenvalue weighted by Crippen LogP contribution is -2.47. The number of amides is 2. The molecule has 1 aliphatic heterocycles. The highest BCUT2D eigenvalue weighted by Gasteiger charge is 2.40. The molecule has 0 aromatic heterocycles. The summed E-state index contributed by atoms with van der Waals surface area (Å²) in [6.45, 7) is 5.97. The first-order chi connectivity index (χ1) is 11.8. The number of rotatable bonds is 5. The van der Waals surface area contributed by atoms with Crippen molar-refractivity contribution in [3.8, 4) is 0 Å². The van der Waals surface area contributed by atoms with E-state index >= 15 is 0 Å². The Morgan fingerprint density at radius 2 is 1.96 bits per heavy atom. The van der Waals surface area contributed by atoms with Gasteiger partial charge in [0.15, 0.2) is 0 Å². The second-order valence-corrected chi connectivity index (χ2v) is 7.42. The van der Waals surface area contributed by atoms with Crippen molar-refractivity contribution in [2.45, 2.75) is 57.8 Å². The molecule has 6 nitrogen and oxygen atoms in total. The number of hydrogen-bond acceptors (Lipinski definition) is 4. The lowest BCUT2D eigenvalue weighted by Gasteiger charge is -2.27. The van der Waals surface area contributed by atoms with Crippen molar-refractivity contribution in [1.82, 2.24) is 10.2 Å². The zero-order valence-electron chi connectivity index (χ0n) is 15.2. The molecular weight excluding hydrogens is 320 g/mol. The molecule has 0 spiro atoms. The van der Waals surface area contributed by atoms with Gasteiger partial charge in [0.2, 0.25) is 5.91 Å². The topological polar surface area (TPSA) is 78.9 Å². The molecule has 2 unspecified atom stereocenters. The summed E-state index contributed by atoms with van der Waals surface area (Å²) in [6.07, 6.45) is 0.673. The van der Waals surface area contributed by atoms with E-state index in [1.54, 1.807) is 20.8 Å². The van der Waals surface area contributed by atoms with Crippen LogP contribution in [0.1, 0.15) is 39.2 Å². The highest BCUT2D eigenvalue weighted by molar-refractivity contribution is 5.86. The van der Waals surface area contributed by atoms with Crippen LogP contribution in [0.25, 0.3) is 0 Å². The van der Waals surface area contributed by atoms with Crippen molar-refractivity contribution in [3.63, 3.8) is 0 Å². The van der Waals surface area contributed by atoms with Crippen LogP contribution in [0.3, 0.4) is 0 Å². The lowest BCUT2D eigenvalue weighted by molar-refractivity contribution is -0.125. The smallest absolute Gasteiger partial charge is 0.411 e. The standard InChI is InChI=1S/C19H28N2O4/c1-19(2,3)25-18(24)21-13-15(22)12-16(21)17(23)20-11-7-10-14-8-5-4-6-9-14/h4-6,8-9,15-16,22H,7,10-13H2,1-3H3,(H,20,23). The summed E-state index contributed by atoms with van der Waals surface area (Å²) < 4.78 is 5.33. The monoisotopic (exact) mass is 348 g/mol. The average Bonchev–Trinajstić information content (AvgIpc) is 2.93. The van der Waals surface area contributed by atoms with Crippen LogP contribution in [0.5, 0.6) is 0 Å². The van der Waals surface area contributed by atoms with Gasteiger partial charge in [-0.05, 0) is 39.2 Å². The largest absolute Gasteiger partial charge is 0.444 e. The van der Waals surface area contributed by atoms with Gasteiger partial charge in [-0.2, -0.15) is 0 Å². The fourth-order valence-electron chi connectivity index (χ4n) is 2.85. The first kappa shape index (κ1) is 19.2. The van der Waals surface area contributed by atoms with E-state index in [4.69, 9.17) is 4.74 Å². The summed E-state index contributed by atoms with van der Waals surface area (Å²) in [6, 6.07) is 9.39. The first-order valence-electron chi connectivity index (χ1n) is 8.75. The van der Waals surface area contributed by atoms with E-state index < -0.39 is 23.8 Å². The van der Waals surface area contributed by atoms with E-state index in [1.807, 2.05) is 18.2 Å². The maximum atomic E-state index is 12.4. The van der Waals surface area contributed by atoms with E-state index in [0.29, 0.717) is 6.54 Å². The van der Waals surface area contributed by atoms with Crippen LogP contribution < -0.4 is 5.32 Å². The predicted octanol–water partition coefficient (Wildman–Crippen LogP) is 2.11. The Balaban J connectivity index is 1.83. The number of carbonyl (C=O) groups is 2. The van der Waals surface area contributed by atoms with Crippen LogP contribution in [0.15, 0.2) is 30.3 Å². The fourth-order valence-corrected chi connectivity index (χ4v) is 2.85. The zero-order chi connectivity index (χ0) is 18.4. The number of β-amino-alcohol motifs (C(OH)–C–C–N with tert-alkyl or cyclic N) is 1. The number of benzene rings is 1. The molecule has 6 heteroatoms. The quantitative estimate of drug-likeness (QED) is 0.799. The second-order valence-electron chi connectivity index (χ2n) is 7.42. The highest BCUT2D eigenvalue weighted by atomic mass is 16.6. The summed E-state index contributed by atoms with van der Waals surface area (Å²) in [5, 5.41) is 12.7. The number of nitrogens with one attached hydrogen (secondary N) is 1. The molecule has 0 bridgehead atoms. The molecule has 1 aromatic rings. The van der Waals surface area contributed by atoms with Crippen molar-refractivity contribution < 1.29 is 19.4 Å². The van der Waals surface area contributed by atoms with E-state index in [0.717, 1.165) is 12.8 Å². The molecule has 2 atom stereocenters. The number of hydrogen-bond donors (Lipinski definition) is 2. The Hall–Kier alpha value is -2.08. The summed E-state index contributed by atoms with van der Waals surface area (Å²) in [4.78, 5) is 26.0.